The molecule has 4 rings (SSSR count). The van der Waals surface area contributed by atoms with Gasteiger partial charge in [-0.2, -0.15) is 0 Å². The summed E-state index contributed by atoms with van der Waals surface area (Å²) < 4.78 is 0. The van der Waals surface area contributed by atoms with Crippen molar-refractivity contribution < 1.29 is 5.11 Å². The van der Waals surface area contributed by atoms with Crippen LogP contribution in [-0.4, -0.2) is 5.11 Å². The highest BCUT2D eigenvalue weighted by atomic mass is 16.3. The molecule has 20 heavy (non-hydrogen) atoms. The van der Waals surface area contributed by atoms with Crippen LogP contribution in [0, 0.1) is 0 Å². The SMILES string of the molecule is CC[C@@H](O)c1ccc2ccc3cccc4ccc1c2c34. The smallest absolute Gasteiger partial charge is 0.0793 e. The molecule has 0 fully saturated rings. The van der Waals surface area contributed by atoms with Crippen molar-refractivity contribution in [2.24, 2.45) is 0 Å². The molecular weight excluding hydrogens is 244 g/mol. The molecule has 0 saturated carbocycles. The molecule has 4 aromatic rings. The van der Waals surface area contributed by atoms with Crippen molar-refractivity contribution in [1.82, 2.24) is 0 Å². The maximum Gasteiger partial charge on any atom is 0.0793 e. The van der Waals surface area contributed by atoms with Crippen LogP contribution in [0.25, 0.3) is 32.3 Å². The molecule has 0 spiro atoms. The first-order valence-corrected chi connectivity index (χ1v) is 7.14. The Balaban J connectivity index is 2.26. The van der Waals surface area contributed by atoms with Gasteiger partial charge in [0.15, 0.2) is 0 Å². The van der Waals surface area contributed by atoms with Crippen LogP contribution in [0.1, 0.15) is 25.0 Å². The number of aliphatic hydroxyl groups is 1. The predicted molar refractivity (Wildman–Crippen MR) is 85.4 cm³/mol. The fourth-order valence-electron chi connectivity index (χ4n) is 3.27. The average molecular weight is 260 g/mol. The van der Waals surface area contributed by atoms with Crippen molar-refractivity contribution >= 4 is 32.3 Å². The van der Waals surface area contributed by atoms with E-state index in [0.29, 0.717) is 0 Å². The molecule has 1 N–H and O–H groups in total. The summed E-state index contributed by atoms with van der Waals surface area (Å²) in [5.41, 5.74) is 1.04. The molecule has 1 atom stereocenters. The number of rotatable bonds is 2. The van der Waals surface area contributed by atoms with E-state index in [0.717, 1.165) is 12.0 Å². The highest BCUT2D eigenvalue weighted by Gasteiger charge is 2.13. The molecule has 0 radical (unpaired) electrons. The summed E-state index contributed by atoms with van der Waals surface area (Å²) in [4.78, 5) is 0. The second-order valence-corrected chi connectivity index (χ2v) is 5.43. The molecule has 0 aliphatic heterocycles. The number of aliphatic hydroxyl groups excluding tert-OH is 1. The van der Waals surface area contributed by atoms with E-state index >= 15 is 0 Å². The van der Waals surface area contributed by atoms with E-state index in [1.807, 2.05) is 6.92 Å². The van der Waals surface area contributed by atoms with Gasteiger partial charge in [-0.05, 0) is 44.3 Å². The highest BCUT2D eigenvalue weighted by molar-refractivity contribution is 6.23. The van der Waals surface area contributed by atoms with Gasteiger partial charge < -0.3 is 5.11 Å². The minimum atomic E-state index is -0.389. The molecule has 0 unspecified atom stereocenters. The van der Waals surface area contributed by atoms with Crippen LogP contribution in [-0.2, 0) is 0 Å². The predicted octanol–water partition coefficient (Wildman–Crippen LogP) is 5.03. The van der Waals surface area contributed by atoms with E-state index < -0.39 is 0 Å². The molecular formula is C19H16O. The Morgan fingerprint density at radius 2 is 1.40 bits per heavy atom. The van der Waals surface area contributed by atoms with Crippen molar-refractivity contribution in [2.45, 2.75) is 19.4 Å². The molecule has 0 amide bonds. The lowest BCUT2D eigenvalue weighted by atomic mass is 9.90. The Morgan fingerprint density at radius 3 is 2.10 bits per heavy atom. The van der Waals surface area contributed by atoms with E-state index in [1.165, 1.54) is 32.3 Å². The van der Waals surface area contributed by atoms with Crippen molar-refractivity contribution in [3.8, 4) is 0 Å². The lowest BCUT2D eigenvalue weighted by Gasteiger charge is -2.16. The van der Waals surface area contributed by atoms with Crippen LogP contribution in [0.4, 0.5) is 0 Å². The minimum Gasteiger partial charge on any atom is -0.388 e. The van der Waals surface area contributed by atoms with E-state index in [1.54, 1.807) is 0 Å². The molecule has 4 aromatic carbocycles. The zero-order valence-corrected chi connectivity index (χ0v) is 11.4. The van der Waals surface area contributed by atoms with Gasteiger partial charge in [0, 0.05) is 0 Å². The Kier molecular flexibility index (Phi) is 2.45. The van der Waals surface area contributed by atoms with E-state index in [9.17, 15) is 5.11 Å². The first kappa shape index (κ1) is 11.7. The van der Waals surface area contributed by atoms with E-state index in [-0.39, 0.29) is 6.10 Å². The fraction of sp³-hybridized carbons (Fsp3) is 0.158. The molecule has 0 saturated heterocycles. The van der Waals surface area contributed by atoms with Crippen molar-refractivity contribution in [3.63, 3.8) is 0 Å². The first-order chi connectivity index (χ1) is 9.79. The largest absolute Gasteiger partial charge is 0.388 e. The summed E-state index contributed by atoms with van der Waals surface area (Å²) in [5.74, 6) is 0. The van der Waals surface area contributed by atoms with Gasteiger partial charge in [-0.15, -0.1) is 0 Å². The third-order valence-electron chi connectivity index (χ3n) is 4.31. The van der Waals surface area contributed by atoms with Gasteiger partial charge in [-0.25, -0.2) is 0 Å². The molecule has 0 aromatic heterocycles. The second kappa shape index (κ2) is 4.19. The van der Waals surface area contributed by atoms with Gasteiger partial charge >= 0.3 is 0 Å². The van der Waals surface area contributed by atoms with Gasteiger partial charge in [-0.1, -0.05) is 61.5 Å². The Bertz CT molecular complexity index is 892. The molecule has 0 bridgehead atoms. The second-order valence-electron chi connectivity index (χ2n) is 5.43. The number of benzene rings is 4. The monoisotopic (exact) mass is 260 g/mol. The van der Waals surface area contributed by atoms with Crippen molar-refractivity contribution in [3.05, 3.63) is 60.2 Å². The summed E-state index contributed by atoms with van der Waals surface area (Å²) in [6.45, 7) is 2.02. The Morgan fingerprint density at radius 1 is 0.800 bits per heavy atom. The molecule has 0 aliphatic rings. The van der Waals surface area contributed by atoms with Gasteiger partial charge in [0.05, 0.1) is 6.10 Å². The summed E-state index contributed by atoms with van der Waals surface area (Å²) in [6.07, 6.45) is 0.351. The molecule has 0 heterocycles. The third-order valence-corrected chi connectivity index (χ3v) is 4.31. The van der Waals surface area contributed by atoms with E-state index in [2.05, 4.69) is 54.6 Å². The van der Waals surface area contributed by atoms with Crippen LogP contribution < -0.4 is 0 Å². The average Bonchev–Trinajstić information content (AvgIpc) is 2.51. The number of hydrogen-bond acceptors (Lipinski definition) is 1. The zero-order chi connectivity index (χ0) is 13.7. The molecule has 98 valence electrons. The van der Waals surface area contributed by atoms with Gasteiger partial charge in [0.25, 0.3) is 0 Å². The summed E-state index contributed by atoms with van der Waals surface area (Å²) in [6, 6.07) is 19.3. The maximum absolute atomic E-state index is 10.3. The van der Waals surface area contributed by atoms with Crippen LogP contribution in [0.2, 0.25) is 0 Å². The van der Waals surface area contributed by atoms with Gasteiger partial charge in [0.1, 0.15) is 0 Å². The van der Waals surface area contributed by atoms with Crippen LogP contribution >= 0.6 is 0 Å². The van der Waals surface area contributed by atoms with Crippen LogP contribution in [0.5, 0.6) is 0 Å². The summed E-state index contributed by atoms with van der Waals surface area (Å²) in [7, 11) is 0. The van der Waals surface area contributed by atoms with Gasteiger partial charge in [-0.3, -0.25) is 0 Å². The minimum absolute atomic E-state index is 0.389. The quantitative estimate of drug-likeness (QED) is 0.501. The summed E-state index contributed by atoms with van der Waals surface area (Å²) in [5, 5.41) is 17.8. The molecule has 1 heteroatoms. The normalized spacial score (nSPS) is 13.5. The first-order valence-electron chi connectivity index (χ1n) is 7.14. The topological polar surface area (TPSA) is 20.2 Å². The summed E-state index contributed by atoms with van der Waals surface area (Å²) >= 11 is 0. The van der Waals surface area contributed by atoms with Crippen molar-refractivity contribution in [2.75, 3.05) is 0 Å². The van der Waals surface area contributed by atoms with E-state index in [4.69, 9.17) is 0 Å². The Labute approximate surface area is 117 Å². The molecule has 0 aliphatic carbocycles. The van der Waals surface area contributed by atoms with Crippen LogP contribution in [0.15, 0.2) is 54.6 Å². The zero-order valence-electron chi connectivity index (χ0n) is 11.4. The number of hydrogen-bond donors (Lipinski definition) is 1. The fourth-order valence-corrected chi connectivity index (χ4v) is 3.27. The molecule has 1 nitrogen and oxygen atoms in total. The van der Waals surface area contributed by atoms with Crippen LogP contribution in [0.3, 0.4) is 0 Å². The van der Waals surface area contributed by atoms with Crippen molar-refractivity contribution in [1.29, 1.82) is 0 Å². The lowest BCUT2D eigenvalue weighted by molar-refractivity contribution is 0.175. The maximum atomic E-state index is 10.3. The third kappa shape index (κ3) is 1.47. The standard InChI is InChI=1S/C19H16O/c1-2-17(20)15-10-8-14-7-6-12-4-3-5-13-9-11-16(15)19(14)18(12)13/h3-11,17,20H,2H2,1H3/t17-/m1/s1. The Hall–Kier alpha value is -2.12. The lowest BCUT2D eigenvalue weighted by Crippen LogP contribution is -1.97. The van der Waals surface area contributed by atoms with Gasteiger partial charge in [0.2, 0.25) is 0 Å². The highest BCUT2D eigenvalue weighted by Crippen LogP contribution is 2.37.